The molecule has 27 heavy (non-hydrogen) atoms. The highest BCUT2D eigenvalue weighted by Gasteiger charge is 2.17. The summed E-state index contributed by atoms with van der Waals surface area (Å²) < 4.78 is 2.24. The molecule has 0 bridgehead atoms. The molecule has 2 aromatic carbocycles. The third kappa shape index (κ3) is 3.38. The van der Waals surface area contributed by atoms with E-state index in [0.717, 1.165) is 42.7 Å². The largest absolute Gasteiger partial charge is 0.328 e. The van der Waals surface area contributed by atoms with Crippen LogP contribution in [0.4, 0.5) is 11.4 Å². The standard InChI is InChI=1S/C19H17ClN4O3/c20-15-7-6-13(24(26)27)11-14(15)19(25)21-12-5-8-17-16(10-12)22-18-4-2-1-3-9-23(17)18/h5-8,10-11H,1-4,9H2,(H,21,25). The number of carbonyl (C=O) groups excluding carboxylic acids is 1. The van der Waals surface area contributed by atoms with Crippen molar-refractivity contribution in [3.63, 3.8) is 0 Å². The molecule has 0 saturated carbocycles. The zero-order valence-electron chi connectivity index (χ0n) is 14.4. The van der Waals surface area contributed by atoms with Crippen molar-refractivity contribution >= 4 is 39.9 Å². The van der Waals surface area contributed by atoms with Crippen LogP contribution in [0.5, 0.6) is 0 Å². The second-order valence-corrected chi connectivity index (χ2v) is 6.98. The van der Waals surface area contributed by atoms with Gasteiger partial charge in [-0.3, -0.25) is 14.9 Å². The summed E-state index contributed by atoms with van der Waals surface area (Å²) in [6.45, 7) is 0.959. The molecule has 0 saturated heterocycles. The maximum absolute atomic E-state index is 12.5. The summed E-state index contributed by atoms with van der Waals surface area (Å²) in [6.07, 6.45) is 4.45. The number of benzene rings is 2. The average molecular weight is 385 g/mol. The second kappa shape index (κ2) is 7.00. The molecule has 0 radical (unpaired) electrons. The molecule has 1 aromatic heterocycles. The molecule has 0 unspecified atom stereocenters. The van der Waals surface area contributed by atoms with E-state index in [2.05, 4.69) is 9.88 Å². The van der Waals surface area contributed by atoms with Gasteiger partial charge in [-0.1, -0.05) is 18.0 Å². The monoisotopic (exact) mass is 384 g/mol. The minimum atomic E-state index is -0.558. The molecule has 2 heterocycles. The lowest BCUT2D eigenvalue weighted by atomic mass is 10.1. The van der Waals surface area contributed by atoms with Crippen LogP contribution >= 0.6 is 11.6 Å². The van der Waals surface area contributed by atoms with Crippen LogP contribution < -0.4 is 5.32 Å². The fourth-order valence-electron chi connectivity index (χ4n) is 3.43. The van der Waals surface area contributed by atoms with E-state index in [1.165, 1.54) is 24.6 Å². The molecule has 0 aliphatic carbocycles. The van der Waals surface area contributed by atoms with Crippen molar-refractivity contribution in [2.75, 3.05) is 5.32 Å². The number of fused-ring (bicyclic) bond motifs is 3. The van der Waals surface area contributed by atoms with Crippen molar-refractivity contribution in [3.05, 3.63) is 62.9 Å². The number of nitro groups is 1. The molecule has 0 spiro atoms. The van der Waals surface area contributed by atoms with Gasteiger partial charge in [0, 0.05) is 30.8 Å². The summed E-state index contributed by atoms with van der Waals surface area (Å²) in [6, 6.07) is 9.37. The van der Waals surface area contributed by atoms with Crippen molar-refractivity contribution in [2.24, 2.45) is 0 Å². The third-order valence-electron chi connectivity index (χ3n) is 4.77. The van der Waals surface area contributed by atoms with Gasteiger partial charge >= 0.3 is 0 Å². The number of aryl methyl sites for hydroxylation is 2. The predicted molar refractivity (Wildman–Crippen MR) is 103 cm³/mol. The minimum absolute atomic E-state index is 0.0617. The van der Waals surface area contributed by atoms with Crippen molar-refractivity contribution in [3.8, 4) is 0 Å². The van der Waals surface area contributed by atoms with E-state index < -0.39 is 10.8 Å². The lowest BCUT2D eigenvalue weighted by molar-refractivity contribution is -0.384. The highest BCUT2D eigenvalue weighted by molar-refractivity contribution is 6.34. The molecule has 3 aromatic rings. The van der Waals surface area contributed by atoms with Crippen LogP contribution in [0.3, 0.4) is 0 Å². The van der Waals surface area contributed by atoms with Crippen LogP contribution in [0.2, 0.25) is 5.02 Å². The Bertz CT molecular complexity index is 1060. The Labute approximate surface area is 160 Å². The number of nitro benzene ring substituents is 1. The minimum Gasteiger partial charge on any atom is -0.328 e. The number of hydrogen-bond donors (Lipinski definition) is 1. The molecule has 1 aliphatic heterocycles. The zero-order chi connectivity index (χ0) is 19.0. The summed E-state index contributed by atoms with van der Waals surface area (Å²) in [5.74, 6) is 0.580. The first-order valence-electron chi connectivity index (χ1n) is 8.77. The van der Waals surface area contributed by atoms with E-state index in [0.29, 0.717) is 5.69 Å². The van der Waals surface area contributed by atoms with E-state index >= 15 is 0 Å². The van der Waals surface area contributed by atoms with Crippen LogP contribution in [0, 0.1) is 10.1 Å². The van der Waals surface area contributed by atoms with Crippen LogP contribution in [0.25, 0.3) is 11.0 Å². The highest BCUT2D eigenvalue weighted by atomic mass is 35.5. The fourth-order valence-corrected chi connectivity index (χ4v) is 3.63. The first-order valence-corrected chi connectivity index (χ1v) is 9.15. The van der Waals surface area contributed by atoms with Gasteiger partial charge < -0.3 is 9.88 Å². The molecule has 1 N–H and O–H groups in total. The lowest BCUT2D eigenvalue weighted by Crippen LogP contribution is -2.12. The Morgan fingerprint density at radius 3 is 2.85 bits per heavy atom. The van der Waals surface area contributed by atoms with Gasteiger partial charge in [0.1, 0.15) is 5.82 Å². The van der Waals surface area contributed by atoms with Crippen molar-refractivity contribution < 1.29 is 9.72 Å². The number of aromatic nitrogens is 2. The van der Waals surface area contributed by atoms with Gasteiger partial charge in [-0.15, -0.1) is 0 Å². The molecule has 0 fully saturated rings. The number of hydrogen-bond acceptors (Lipinski definition) is 4. The van der Waals surface area contributed by atoms with Gasteiger partial charge in [-0.05, 0) is 37.1 Å². The van der Waals surface area contributed by atoms with Gasteiger partial charge in [0.2, 0.25) is 0 Å². The topological polar surface area (TPSA) is 90.1 Å². The first-order chi connectivity index (χ1) is 13.0. The van der Waals surface area contributed by atoms with E-state index in [1.54, 1.807) is 0 Å². The fraction of sp³-hybridized carbons (Fsp3) is 0.263. The third-order valence-corrected chi connectivity index (χ3v) is 5.10. The van der Waals surface area contributed by atoms with Crippen molar-refractivity contribution in [1.82, 2.24) is 9.55 Å². The molecule has 1 aliphatic rings. The second-order valence-electron chi connectivity index (χ2n) is 6.57. The number of anilines is 1. The molecule has 138 valence electrons. The molecule has 1 amide bonds. The van der Waals surface area contributed by atoms with E-state index in [1.807, 2.05) is 18.2 Å². The predicted octanol–water partition coefficient (Wildman–Crippen LogP) is 4.58. The molecule has 8 heteroatoms. The number of imidazole rings is 1. The smallest absolute Gasteiger partial charge is 0.270 e. The summed E-state index contributed by atoms with van der Waals surface area (Å²) in [7, 11) is 0. The van der Waals surface area contributed by atoms with Gasteiger partial charge in [-0.25, -0.2) is 4.98 Å². The number of amides is 1. The van der Waals surface area contributed by atoms with Crippen LogP contribution in [0.15, 0.2) is 36.4 Å². The quantitative estimate of drug-likeness (QED) is 0.528. The number of nitrogens with zero attached hydrogens (tertiary/aromatic N) is 3. The van der Waals surface area contributed by atoms with E-state index in [9.17, 15) is 14.9 Å². The maximum atomic E-state index is 12.5. The summed E-state index contributed by atoms with van der Waals surface area (Å²) in [4.78, 5) is 27.6. The normalized spacial score (nSPS) is 13.8. The Balaban J connectivity index is 1.63. The van der Waals surface area contributed by atoms with Gasteiger partial charge in [0.15, 0.2) is 0 Å². The number of nitrogens with one attached hydrogen (secondary N) is 1. The van der Waals surface area contributed by atoms with E-state index in [4.69, 9.17) is 16.6 Å². The highest BCUT2D eigenvalue weighted by Crippen LogP contribution is 2.26. The zero-order valence-corrected chi connectivity index (χ0v) is 15.2. The summed E-state index contributed by atoms with van der Waals surface area (Å²) in [5.41, 5.74) is 2.33. The first kappa shape index (κ1) is 17.5. The van der Waals surface area contributed by atoms with Crippen LogP contribution in [-0.4, -0.2) is 20.4 Å². The summed E-state index contributed by atoms with van der Waals surface area (Å²) >= 11 is 6.04. The Hall–Kier alpha value is -2.93. The molecular formula is C19H17ClN4O3. The van der Waals surface area contributed by atoms with Crippen molar-refractivity contribution in [1.29, 1.82) is 0 Å². The average Bonchev–Trinajstić information content (AvgIpc) is 2.82. The number of halogens is 1. The number of non-ortho nitro benzene ring substituents is 1. The maximum Gasteiger partial charge on any atom is 0.270 e. The Morgan fingerprint density at radius 2 is 2.04 bits per heavy atom. The Kier molecular flexibility index (Phi) is 4.53. The van der Waals surface area contributed by atoms with Gasteiger partial charge in [0.05, 0.1) is 26.5 Å². The molecule has 7 nitrogen and oxygen atoms in total. The molecular weight excluding hydrogens is 368 g/mol. The number of rotatable bonds is 3. The number of carbonyl (C=O) groups is 1. The molecule has 0 atom stereocenters. The van der Waals surface area contributed by atoms with Gasteiger partial charge in [-0.2, -0.15) is 0 Å². The SMILES string of the molecule is O=C(Nc1ccc2c(c1)nc1n2CCCCC1)c1cc([N+](=O)[O-])ccc1Cl. The van der Waals surface area contributed by atoms with Crippen molar-refractivity contribution in [2.45, 2.75) is 32.2 Å². The van der Waals surface area contributed by atoms with Crippen LogP contribution in [-0.2, 0) is 13.0 Å². The van der Waals surface area contributed by atoms with Crippen LogP contribution in [0.1, 0.15) is 35.4 Å². The lowest BCUT2D eigenvalue weighted by Gasteiger charge is -2.08. The summed E-state index contributed by atoms with van der Waals surface area (Å²) in [5, 5.41) is 13.8. The Morgan fingerprint density at radius 1 is 1.19 bits per heavy atom. The van der Waals surface area contributed by atoms with Gasteiger partial charge in [0.25, 0.3) is 11.6 Å². The van der Waals surface area contributed by atoms with E-state index in [-0.39, 0.29) is 16.3 Å². The molecule has 4 rings (SSSR count).